The zero-order valence-corrected chi connectivity index (χ0v) is 12.2. The van der Waals surface area contributed by atoms with E-state index < -0.39 is 0 Å². The van der Waals surface area contributed by atoms with Crippen molar-refractivity contribution in [3.63, 3.8) is 0 Å². The Kier molecular flexibility index (Phi) is 9.02. The summed E-state index contributed by atoms with van der Waals surface area (Å²) < 4.78 is 0. The first-order valence-electron chi connectivity index (χ1n) is 7.31. The highest BCUT2D eigenvalue weighted by Gasteiger charge is 2.24. The van der Waals surface area contributed by atoms with Gasteiger partial charge in [0.05, 0.1) is 0 Å². The Morgan fingerprint density at radius 2 is 1.62 bits per heavy atom. The predicted molar refractivity (Wildman–Crippen MR) is 74.9 cm³/mol. The summed E-state index contributed by atoms with van der Waals surface area (Å²) in [6.45, 7) is 13.9. The lowest BCUT2D eigenvalue weighted by Crippen LogP contribution is -2.35. The summed E-state index contributed by atoms with van der Waals surface area (Å²) in [6, 6.07) is 0. The number of nitrogens with one attached hydrogen (secondary N) is 1. The highest BCUT2D eigenvalue weighted by molar-refractivity contribution is 4.79. The largest absolute Gasteiger partial charge is 0.316 e. The lowest BCUT2D eigenvalue weighted by molar-refractivity contribution is 0.217. The van der Waals surface area contributed by atoms with Gasteiger partial charge in [-0.2, -0.15) is 0 Å². The third-order valence-corrected chi connectivity index (χ3v) is 3.86. The van der Waals surface area contributed by atoms with E-state index in [1.165, 1.54) is 45.1 Å². The molecule has 0 aliphatic heterocycles. The number of hydrogen-bond acceptors (Lipinski definition) is 1. The molecule has 0 aromatic carbocycles. The highest BCUT2D eigenvalue weighted by atomic mass is 14.9. The normalized spacial score (nSPS) is 12.4. The third kappa shape index (κ3) is 6.52. The molecule has 1 N–H and O–H groups in total. The molecule has 0 unspecified atom stereocenters. The van der Waals surface area contributed by atoms with Gasteiger partial charge in [0, 0.05) is 6.54 Å². The van der Waals surface area contributed by atoms with Crippen molar-refractivity contribution in [2.45, 2.75) is 73.1 Å². The second kappa shape index (κ2) is 9.04. The van der Waals surface area contributed by atoms with Crippen molar-refractivity contribution in [3.05, 3.63) is 0 Å². The predicted octanol–water partition coefficient (Wildman–Crippen LogP) is 4.62. The molecule has 0 rings (SSSR count). The molecule has 0 radical (unpaired) electrons. The fourth-order valence-electron chi connectivity index (χ4n) is 2.32. The molecular weight excluding hydrogens is 194 g/mol. The number of unbranched alkanes of at least 4 members (excludes halogenated alkanes) is 2. The van der Waals surface area contributed by atoms with Gasteiger partial charge in [-0.15, -0.1) is 0 Å². The number of hydrogen-bond donors (Lipinski definition) is 1. The molecule has 0 atom stereocenters. The summed E-state index contributed by atoms with van der Waals surface area (Å²) in [6.07, 6.45) is 8.17. The molecule has 0 aromatic heterocycles. The summed E-state index contributed by atoms with van der Waals surface area (Å²) in [7, 11) is 0. The maximum Gasteiger partial charge on any atom is 0.000771 e. The summed E-state index contributed by atoms with van der Waals surface area (Å²) in [4.78, 5) is 0. The standard InChI is InChI=1S/C15H33N/c1-6-9-10-11-15(7-2,8-3)13-16-12-14(4)5/h14,16H,6-13H2,1-5H3. The van der Waals surface area contributed by atoms with Crippen molar-refractivity contribution >= 4 is 0 Å². The van der Waals surface area contributed by atoms with E-state index in [0.717, 1.165) is 12.5 Å². The maximum atomic E-state index is 3.65. The smallest absolute Gasteiger partial charge is 0.000771 e. The minimum atomic E-state index is 0.560. The van der Waals surface area contributed by atoms with Gasteiger partial charge < -0.3 is 5.32 Å². The zero-order chi connectivity index (χ0) is 12.4. The van der Waals surface area contributed by atoms with Gasteiger partial charge in [0.1, 0.15) is 0 Å². The van der Waals surface area contributed by atoms with Crippen LogP contribution in [0.3, 0.4) is 0 Å². The molecule has 16 heavy (non-hydrogen) atoms. The third-order valence-electron chi connectivity index (χ3n) is 3.86. The Hall–Kier alpha value is -0.0400. The summed E-state index contributed by atoms with van der Waals surface area (Å²) in [5.74, 6) is 0.766. The molecule has 0 aromatic rings. The lowest BCUT2D eigenvalue weighted by Gasteiger charge is -2.32. The van der Waals surface area contributed by atoms with Crippen molar-refractivity contribution in [2.75, 3.05) is 13.1 Å². The minimum absolute atomic E-state index is 0.560. The van der Waals surface area contributed by atoms with Crippen LogP contribution in [0.4, 0.5) is 0 Å². The van der Waals surface area contributed by atoms with Crippen molar-refractivity contribution in [2.24, 2.45) is 11.3 Å². The van der Waals surface area contributed by atoms with E-state index in [4.69, 9.17) is 0 Å². The second-order valence-corrected chi connectivity index (χ2v) is 5.69. The van der Waals surface area contributed by atoms with E-state index in [1.807, 2.05) is 0 Å². The van der Waals surface area contributed by atoms with Crippen LogP contribution in [0.25, 0.3) is 0 Å². The highest BCUT2D eigenvalue weighted by Crippen LogP contribution is 2.32. The molecule has 0 amide bonds. The molecule has 98 valence electrons. The first-order chi connectivity index (χ1) is 7.60. The fraction of sp³-hybridized carbons (Fsp3) is 1.00. The van der Waals surface area contributed by atoms with Gasteiger partial charge in [0.25, 0.3) is 0 Å². The van der Waals surface area contributed by atoms with Crippen molar-refractivity contribution in [3.8, 4) is 0 Å². The molecular formula is C15H33N. The van der Waals surface area contributed by atoms with E-state index in [-0.39, 0.29) is 0 Å². The molecule has 0 heterocycles. The average Bonchev–Trinajstić information content (AvgIpc) is 2.27. The number of rotatable bonds is 10. The molecule has 0 aliphatic carbocycles. The summed E-state index contributed by atoms with van der Waals surface area (Å²) >= 11 is 0. The van der Waals surface area contributed by atoms with E-state index in [1.54, 1.807) is 0 Å². The van der Waals surface area contributed by atoms with Crippen LogP contribution in [0, 0.1) is 11.3 Å². The van der Waals surface area contributed by atoms with E-state index in [9.17, 15) is 0 Å². The molecule has 1 nitrogen and oxygen atoms in total. The van der Waals surface area contributed by atoms with Crippen molar-refractivity contribution < 1.29 is 0 Å². The van der Waals surface area contributed by atoms with Gasteiger partial charge in [-0.1, -0.05) is 53.9 Å². The van der Waals surface area contributed by atoms with Crippen LogP contribution in [0.2, 0.25) is 0 Å². The van der Waals surface area contributed by atoms with Gasteiger partial charge in [0.15, 0.2) is 0 Å². The summed E-state index contributed by atoms with van der Waals surface area (Å²) in [5, 5.41) is 3.65. The van der Waals surface area contributed by atoms with Crippen LogP contribution < -0.4 is 5.32 Å². The van der Waals surface area contributed by atoms with Crippen molar-refractivity contribution in [1.29, 1.82) is 0 Å². The first kappa shape index (κ1) is 16.0. The topological polar surface area (TPSA) is 12.0 Å². The molecule has 0 bridgehead atoms. The first-order valence-corrected chi connectivity index (χ1v) is 7.31. The minimum Gasteiger partial charge on any atom is -0.316 e. The van der Waals surface area contributed by atoms with Gasteiger partial charge in [-0.3, -0.25) is 0 Å². The molecule has 0 spiro atoms. The molecule has 1 heteroatoms. The van der Waals surface area contributed by atoms with Crippen LogP contribution in [0.5, 0.6) is 0 Å². The van der Waals surface area contributed by atoms with Crippen LogP contribution >= 0.6 is 0 Å². The van der Waals surface area contributed by atoms with Crippen LogP contribution in [-0.2, 0) is 0 Å². The van der Waals surface area contributed by atoms with Gasteiger partial charge in [-0.05, 0) is 37.1 Å². The Morgan fingerprint density at radius 3 is 2.06 bits per heavy atom. The van der Waals surface area contributed by atoms with Crippen molar-refractivity contribution in [1.82, 2.24) is 5.32 Å². The van der Waals surface area contributed by atoms with E-state index in [2.05, 4.69) is 39.9 Å². The Balaban J connectivity index is 3.99. The molecule has 0 saturated heterocycles. The van der Waals surface area contributed by atoms with E-state index >= 15 is 0 Å². The van der Waals surface area contributed by atoms with Crippen LogP contribution in [0.1, 0.15) is 73.1 Å². The molecule has 0 fully saturated rings. The zero-order valence-electron chi connectivity index (χ0n) is 12.2. The van der Waals surface area contributed by atoms with Gasteiger partial charge >= 0.3 is 0 Å². The van der Waals surface area contributed by atoms with Crippen LogP contribution in [-0.4, -0.2) is 13.1 Å². The van der Waals surface area contributed by atoms with Gasteiger partial charge in [0.2, 0.25) is 0 Å². The quantitative estimate of drug-likeness (QED) is 0.537. The monoisotopic (exact) mass is 227 g/mol. The lowest BCUT2D eigenvalue weighted by atomic mass is 9.77. The van der Waals surface area contributed by atoms with Crippen LogP contribution in [0.15, 0.2) is 0 Å². The molecule has 0 saturated carbocycles. The van der Waals surface area contributed by atoms with E-state index in [0.29, 0.717) is 5.41 Å². The summed E-state index contributed by atoms with van der Waals surface area (Å²) in [5.41, 5.74) is 0.560. The fourth-order valence-corrected chi connectivity index (χ4v) is 2.32. The maximum absolute atomic E-state index is 3.65. The Morgan fingerprint density at radius 1 is 1.00 bits per heavy atom. The second-order valence-electron chi connectivity index (χ2n) is 5.69. The Bertz CT molecular complexity index is 148. The SMILES string of the molecule is CCCCCC(CC)(CC)CNCC(C)C. The average molecular weight is 227 g/mol. The van der Waals surface area contributed by atoms with Gasteiger partial charge in [-0.25, -0.2) is 0 Å². The molecule has 0 aliphatic rings. The Labute approximate surface area is 103 Å².